The number of carboxylic acids is 1. The van der Waals surface area contributed by atoms with Crippen molar-refractivity contribution in [2.75, 3.05) is 0 Å². The molecule has 0 fully saturated rings. The van der Waals surface area contributed by atoms with E-state index in [0.29, 0.717) is 14.5 Å². The highest BCUT2D eigenvalue weighted by atomic mass is 79.9. The summed E-state index contributed by atoms with van der Waals surface area (Å²) in [5, 5.41) is 12.8. The van der Waals surface area contributed by atoms with E-state index in [-0.39, 0.29) is 5.56 Å². The first-order valence-corrected chi connectivity index (χ1v) is 8.83. The SMILES string of the molecule is O=C(O)c1cc(-c2nc(-c3ccc(Cl)c(Cl)c3)cs2)ccc1Br. The van der Waals surface area contributed by atoms with Crippen LogP contribution >= 0.6 is 50.5 Å². The van der Waals surface area contributed by atoms with E-state index in [1.54, 1.807) is 24.3 Å². The number of nitrogens with zero attached hydrogens (tertiary/aromatic N) is 1. The van der Waals surface area contributed by atoms with Crippen LogP contribution in [0.1, 0.15) is 10.4 Å². The number of benzene rings is 2. The average Bonchev–Trinajstić information content (AvgIpc) is 3.00. The lowest BCUT2D eigenvalue weighted by Gasteiger charge is -2.02. The van der Waals surface area contributed by atoms with Crippen LogP contribution in [0.15, 0.2) is 46.3 Å². The number of halogens is 3. The van der Waals surface area contributed by atoms with Crippen molar-refractivity contribution >= 4 is 56.4 Å². The molecule has 0 spiro atoms. The molecule has 3 rings (SSSR count). The van der Waals surface area contributed by atoms with E-state index in [1.165, 1.54) is 11.3 Å². The molecule has 0 bridgehead atoms. The number of carbonyl (C=O) groups is 1. The zero-order valence-corrected chi connectivity index (χ0v) is 15.3. The Bertz CT molecular complexity index is 911. The summed E-state index contributed by atoms with van der Waals surface area (Å²) >= 11 is 16.6. The van der Waals surface area contributed by atoms with E-state index in [9.17, 15) is 9.90 Å². The van der Waals surface area contributed by atoms with Crippen molar-refractivity contribution in [1.82, 2.24) is 4.98 Å². The number of rotatable bonds is 3. The molecule has 0 atom stereocenters. The molecule has 3 aromatic rings. The fourth-order valence-corrected chi connectivity index (χ4v) is 3.56. The molecule has 0 unspecified atom stereocenters. The largest absolute Gasteiger partial charge is 0.478 e. The molecule has 0 aliphatic heterocycles. The summed E-state index contributed by atoms with van der Waals surface area (Å²) in [5.41, 5.74) is 2.58. The van der Waals surface area contributed by atoms with Crippen LogP contribution in [0.3, 0.4) is 0 Å². The van der Waals surface area contributed by atoms with Crippen molar-refractivity contribution in [3.8, 4) is 21.8 Å². The highest BCUT2D eigenvalue weighted by Crippen LogP contribution is 2.33. The molecule has 1 heterocycles. The smallest absolute Gasteiger partial charge is 0.336 e. The summed E-state index contributed by atoms with van der Waals surface area (Å²) in [6.45, 7) is 0. The van der Waals surface area contributed by atoms with Crippen LogP contribution < -0.4 is 0 Å². The number of carboxylic acid groups (broad SMARTS) is 1. The Balaban J connectivity index is 2.00. The van der Waals surface area contributed by atoms with Crippen molar-refractivity contribution in [1.29, 1.82) is 0 Å². The first kappa shape index (κ1) is 16.5. The topological polar surface area (TPSA) is 50.2 Å². The zero-order valence-electron chi connectivity index (χ0n) is 11.4. The second-order valence-corrected chi connectivity index (χ2v) is 7.19. The molecular formula is C16H8BrCl2NO2S. The minimum atomic E-state index is -0.986. The summed E-state index contributed by atoms with van der Waals surface area (Å²) in [7, 11) is 0. The Hall–Kier alpha value is -1.40. The van der Waals surface area contributed by atoms with Gasteiger partial charge in [0, 0.05) is 21.0 Å². The molecule has 0 radical (unpaired) electrons. The molecule has 0 saturated heterocycles. The van der Waals surface area contributed by atoms with E-state index >= 15 is 0 Å². The third-order valence-electron chi connectivity index (χ3n) is 3.16. The van der Waals surface area contributed by atoms with Crippen molar-refractivity contribution in [3.63, 3.8) is 0 Å². The first-order chi connectivity index (χ1) is 11.0. The minimum absolute atomic E-state index is 0.203. The van der Waals surface area contributed by atoms with E-state index in [0.717, 1.165) is 21.8 Å². The van der Waals surface area contributed by atoms with Crippen LogP contribution in [-0.2, 0) is 0 Å². The van der Waals surface area contributed by atoms with Gasteiger partial charge in [0.15, 0.2) is 0 Å². The van der Waals surface area contributed by atoms with Crippen LogP contribution in [0.5, 0.6) is 0 Å². The van der Waals surface area contributed by atoms with Gasteiger partial charge in [0.05, 0.1) is 21.3 Å². The van der Waals surface area contributed by atoms with Crippen LogP contribution in [0.4, 0.5) is 0 Å². The van der Waals surface area contributed by atoms with Gasteiger partial charge in [-0.15, -0.1) is 11.3 Å². The average molecular weight is 429 g/mol. The predicted octanol–water partition coefficient (Wildman–Crippen LogP) is 6.24. The summed E-state index contributed by atoms with van der Waals surface area (Å²) in [6.07, 6.45) is 0. The number of aromatic nitrogens is 1. The number of hydrogen-bond donors (Lipinski definition) is 1. The van der Waals surface area contributed by atoms with Crippen LogP contribution in [0.25, 0.3) is 21.8 Å². The second kappa shape index (κ2) is 6.61. The Kier molecular flexibility index (Phi) is 4.73. The fourth-order valence-electron chi connectivity index (χ4n) is 2.02. The lowest BCUT2D eigenvalue weighted by atomic mass is 10.1. The van der Waals surface area contributed by atoms with E-state index in [4.69, 9.17) is 23.2 Å². The molecule has 0 aliphatic carbocycles. The predicted molar refractivity (Wildman–Crippen MR) is 97.7 cm³/mol. The lowest BCUT2D eigenvalue weighted by molar-refractivity contribution is 0.0696. The molecule has 7 heteroatoms. The molecule has 3 nitrogen and oxygen atoms in total. The van der Waals surface area contributed by atoms with Gasteiger partial charge in [-0.1, -0.05) is 35.3 Å². The van der Waals surface area contributed by atoms with Crippen LogP contribution in [-0.4, -0.2) is 16.1 Å². The first-order valence-electron chi connectivity index (χ1n) is 6.40. The van der Waals surface area contributed by atoms with Gasteiger partial charge in [-0.3, -0.25) is 0 Å². The van der Waals surface area contributed by atoms with Gasteiger partial charge < -0.3 is 5.11 Å². The van der Waals surface area contributed by atoms with Crippen molar-refractivity contribution in [2.45, 2.75) is 0 Å². The molecule has 0 saturated carbocycles. The fraction of sp³-hybridized carbons (Fsp3) is 0. The summed E-state index contributed by atoms with van der Waals surface area (Å²) < 4.78 is 0.537. The second-order valence-electron chi connectivity index (χ2n) is 4.67. The Morgan fingerprint density at radius 3 is 2.52 bits per heavy atom. The lowest BCUT2D eigenvalue weighted by Crippen LogP contribution is -1.97. The highest BCUT2D eigenvalue weighted by molar-refractivity contribution is 9.10. The quantitative estimate of drug-likeness (QED) is 0.536. The number of hydrogen-bond acceptors (Lipinski definition) is 3. The van der Waals surface area contributed by atoms with Crippen LogP contribution in [0.2, 0.25) is 10.0 Å². The van der Waals surface area contributed by atoms with Gasteiger partial charge >= 0.3 is 5.97 Å². The molecule has 1 aromatic heterocycles. The van der Waals surface area contributed by atoms with Gasteiger partial charge in [-0.05, 0) is 40.2 Å². The maximum Gasteiger partial charge on any atom is 0.336 e. The summed E-state index contributed by atoms with van der Waals surface area (Å²) in [6, 6.07) is 10.5. The molecular weight excluding hydrogens is 421 g/mol. The normalized spacial score (nSPS) is 10.7. The van der Waals surface area contributed by atoms with Gasteiger partial charge in [0.2, 0.25) is 0 Å². The summed E-state index contributed by atoms with van der Waals surface area (Å²) in [4.78, 5) is 15.8. The standard InChI is InChI=1S/C16H8BrCl2NO2S/c17-11-3-1-9(5-10(11)16(21)22)15-20-14(7-23-15)8-2-4-12(18)13(19)6-8/h1-7H,(H,21,22). The van der Waals surface area contributed by atoms with Gasteiger partial charge in [-0.2, -0.15) is 0 Å². The highest BCUT2D eigenvalue weighted by Gasteiger charge is 2.13. The summed E-state index contributed by atoms with van der Waals surface area (Å²) in [5.74, 6) is -0.986. The van der Waals surface area contributed by atoms with E-state index < -0.39 is 5.97 Å². The zero-order chi connectivity index (χ0) is 16.6. The number of aromatic carboxylic acids is 1. The van der Waals surface area contributed by atoms with Crippen molar-refractivity contribution < 1.29 is 9.90 Å². The molecule has 23 heavy (non-hydrogen) atoms. The van der Waals surface area contributed by atoms with E-state index in [2.05, 4.69) is 20.9 Å². The van der Waals surface area contributed by atoms with Crippen molar-refractivity contribution in [2.24, 2.45) is 0 Å². The molecule has 0 aliphatic rings. The van der Waals surface area contributed by atoms with Crippen molar-refractivity contribution in [3.05, 3.63) is 61.9 Å². The molecule has 0 amide bonds. The third kappa shape index (κ3) is 3.43. The third-order valence-corrected chi connectivity index (χ3v) is 5.49. The Labute approximate surface area is 154 Å². The Morgan fingerprint density at radius 1 is 1.09 bits per heavy atom. The van der Waals surface area contributed by atoms with Gasteiger partial charge in [-0.25, -0.2) is 9.78 Å². The molecule has 2 aromatic carbocycles. The van der Waals surface area contributed by atoms with Gasteiger partial charge in [0.25, 0.3) is 0 Å². The Morgan fingerprint density at radius 2 is 1.83 bits per heavy atom. The number of thiazole rings is 1. The van der Waals surface area contributed by atoms with Gasteiger partial charge in [0.1, 0.15) is 5.01 Å². The maximum atomic E-state index is 11.2. The molecule has 1 N–H and O–H groups in total. The van der Waals surface area contributed by atoms with E-state index in [1.807, 2.05) is 17.5 Å². The van der Waals surface area contributed by atoms with Crippen LogP contribution in [0, 0.1) is 0 Å². The minimum Gasteiger partial charge on any atom is -0.478 e. The molecule has 116 valence electrons. The maximum absolute atomic E-state index is 11.2. The monoisotopic (exact) mass is 427 g/mol.